The van der Waals surface area contributed by atoms with Crippen molar-refractivity contribution in [3.8, 4) is 11.6 Å². The molecule has 2 amide bonds. The Balaban J connectivity index is 1.75. The lowest BCUT2D eigenvalue weighted by Crippen LogP contribution is -2.39. The molecule has 34 heavy (non-hydrogen) atoms. The molecular formula is C27H22N4O3. The topological polar surface area (TPSA) is 82.1 Å². The number of pyridine rings is 1. The number of carbonyl (C=O) groups is 2. The van der Waals surface area contributed by atoms with Gasteiger partial charge in [0.05, 0.1) is 17.1 Å². The SMILES string of the molecule is Cc1ccc(N2C(=O)C(c3c(C)nn(-c4ccccc4)c3[O-])=C([n+]3cccc(C)c3)C2=O)cc1. The molecule has 7 nitrogen and oxygen atoms in total. The molecule has 1 aliphatic heterocycles. The van der Waals surface area contributed by atoms with Crippen molar-refractivity contribution in [3.05, 3.63) is 102 Å². The molecule has 0 saturated heterocycles. The third kappa shape index (κ3) is 3.38. The number of nitrogens with zero attached hydrogens (tertiary/aromatic N) is 4. The zero-order valence-electron chi connectivity index (χ0n) is 19.0. The van der Waals surface area contributed by atoms with Gasteiger partial charge in [-0.3, -0.25) is 9.59 Å². The van der Waals surface area contributed by atoms with E-state index in [0.717, 1.165) is 16.0 Å². The fourth-order valence-corrected chi connectivity index (χ4v) is 4.18. The van der Waals surface area contributed by atoms with Gasteiger partial charge in [-0.2, -0.15) is 9.67 Å². The Morgan fingerprint density at radius 3 is 2.18 bits per heavy atom. The van der Waals surface area contributed by atoms with Crippen molar-refractivity contribution < 1.29 is 19.3 Å². The van der Waals surface area contributed by atoms with Crippen LogP contribution in [0.3, 0.4) is 0 Å². The second-order valence-corrected chi connectivity index (χ2v) is 8.31. The first-order chi connectivity index (χ1) is 16.4. The Hall–Kier alpha value is -4.52. The maximum atomic E-state index is 13.8. The van der Waals surface area contributed by atoms with Crippen LogP contribution in [0.25, 0.3) is 17.0 Å². The average Bonchev–Trinajstić information content (AvgIpc) is 3.26. The maximum absolute atomic E-state index is 13.8. The highest BCUT2D eigenvalue weighted by Crippen LogP contribution is 2.38. The molecule has 0 unspecified atom stereocenters. The molecule has 3 heterocycles. The van der Waals surface area contributed by atoms with Crippen LogP contribution in [0.15, 0.2) is 79.1 Å². The van der Waals surface area contributed by atoms with E-state index in [9.17, 15) is 14.7 Å². The normalized spacial score (nSPS) is 13.8. The summed E-state index contributed by atoms with van der Waals surface area (Å²) < 4.78 is 2.88. The Kier molecular flexibility index (Phi) is 5.09. The average molecular weight is 450 g/mol. The second kappa shape index (κ2) is 8.12. The van der Waals surface area contributed by atoms with Crippen molar-refractivity contribution in [2.75, 3.05) is 4.90 Å². The Morgan fingerprint density at radius 1 is 0.794 bits per heavy atom. The lowest BCUT2D eigenvalue weighted by atomic mass is 10.0. The van der Waals surface area contributed by atoms with Gasteiger partial charge in [0.2, 0.25) is 0 Å². The van der Waals surface area contributed by atoms with E-state index in [1.54, 1.807) is 54.2 Å². The van der Waals surface area contributed by atoms with E-state index in [0.29, 0.717) is 17.1 Å². The molecule has 4 aromatic rings. The highest BCUT2D eigenvalue weighted by Gasteiger charge is 2.47. The van der Waals surface area contributed by atoms with Crippen LogP contribution in [-0.2, 0) is 9.59 Å². The van der Waals surface area contributed by atoms with Gasteiger partial charge in [0.15, 0.2) is 12.4 Å². The highest BCUT2D eigenvalue weighted by molar-refractivity contribution is 6.53. The smallest absolute Gasteiger partial charge is 0.331 e. The van der Waals surface area contributed by atoms with Crippen LogP contribution in [-0.4, -0.2) is 21.6 Å². The van der Waals surface area contributed by atoms with E-state index in [-0.39, 0.29) is 16.8 Å². The number of amides is 2. The van der Waals surface area contributed by atoms with E-state index in [1.807, 2.05) is 50.2 Å². The number of rotatable bonds is 4. The van der Waals surface area contributed by atoms with Crippen LogP contribution in [0, 0.1) is 20.8 Å². The Morgan fingerprint density at radius 2 is 1.50 bits per heavy atom. The first-order valence-electron chi connectivity index (χ1n) is 10.9. The van der Waals surface area contributed by atoms with Crippen molar-refractivity contribution in [2.24, 2.45) is 0 Å². The molecule has 168 valence electrons. The number of para-hydroxylation sites is 1. The summed E-state index contributed by atoms with van der Waals surface area (Å²) in [4.78, 5) is 28.6. The third-order valence-electron chi connectivity index (χ3n) is 5.83. The maximum Gasteiger partial charge on any atom is 0.331 e. The van der Waals surface area contributed by atoms with Gasteiger partial charge in [-0.1, -0.05) is 35.9 Å². The third-order valence-corrected chi connectivity index (χ3v) is 5.83. The molecule has 1 aliphatic rings. The second-order valence-electron chi connectivity index (χ2n) is 8.31. The van der Waals surface area contributed by atoms with E-state index in [1.165, 1.54) is 4.68 Å². The number of carbonyl (C=O) groups excluding carboxylic acids is 2. The predicted octanol–water partition coefficient (Wildman–Crippen LogP) is 3.10. The molecule has 0 spiro atoms. The van der Waals surface area contributed by atoms with Crippen LogP contribution < -0.4 is 14.6 Å². The van der Waals surface area contributed by atoms with Crippen molar-refractivity contribution in [3.63, 3.8) is 0 Å². The number of hydrogen-bond donors (Lipinski definition) is 0. The number of benzene rings is 2. The number of anilines is 1. The fourth-order valence-electron chi connectivity index (χ4n) is 4.18. The summed E-state index contributed by atoms with van der Waals surface area (Å²) in [5, 5.41) is 18.0. The van der Waals surface area contributed by atoms with Crippen LogP contribution in [0.4, 0.5) is 5.69 Å². The van der Waals surface area contributed by atoms with Crippen LogP contribution >= 0.6 is 0 Å². The number of aryl methyl sites for hydroxylation is 3. The van der Waals surface area contributed by atoms with E-state index in [4.69, 9.17) is 0 Å². The van der Waals surface area contributed by atoms with Crippen LogP contribution in [0.5, 0.6) is 5.88 Å². The molecule has 5 rings (SSSR count). The summed E-state index contributed by atoms with van der Waals surface area (Å²) in [6.07, 6.45) is 3.47. The summed E-state index contributed by atoms with van der Waals surface area (Å²) in [5.74, 6) is -1.49. The van der Waals surface area contributed by atoms with Gasteiger partial charge in [-0.05, 0) is 57.0 Å². The fraction of sp³-hybridized carbons (Fsp3) is 0.111. The first kappa shape index (κ1) is 21.3. The van der Waals surface area contributed by atoms with Crippen molar-refractivity contribution in [2.45, 2.75) is 20.8 Å². The highest BCUT2D eigenvalue weighted by atomic mass is 16.3. The Labute approximate surface area is 196 Å². The predicted molar refractivity (Wildman–Crippen MR) is 126 cm³/mol. The first-order valence-corrected chi connectivity index (χ1v) is 10.9. The quantitative estimate of drug-likeness (QED) is 0.353. The van der Waals surface area contributed by atoms with Gasteiger partial charge in [-0.25, -0.2) is 9.58 Å². The van der Waals surface area contributed by atoms with Crippen molar-refractivity contribution in [1.29, 1.82) is 0 Å². The lowest BCUT2D eigenvalue weighted by molar-refractivity contribution is -0.577. The van der Waals surface area contributed by atoms with Crippen molar-refractivity contribution in [1.82, 2.24) is 9.78 Å². The van der Waals surface area contributed by atoms with Gasteiger partial charge < -0.3 is 5.11 Å². The summed E-state index contributed by atoms with van der Waals surface area (Å²) in [7, 11) is 0. The van der Waals surface area contributed by atoms with Gasteiger partial charge in [-0.15, -0.1) is 0 Å². The van der Waals surface area contributed by atoms with E-state index in [2.05, 4.69) is 5.10 Å². The summed E-state index contributed by atoms with van der Waals surface area (Å²) in [5.41, 5.74) is 3.62. The molecule has 2 aromatic heterocycles. The molecule has 0 saturated carbocycles. The zero-order valence-corrected chi connectivity index (χ0v) is 19.0. The summed E-state index contributed by atoms with van der Waals surface area (Å²) in [6, 6.07) is 19.8. The summed E-state index contributed by atoms with van der Waals surface area (Å²) >= 11 is 0. The zero-order chi connectivity index (χ0) is 24.0. The monoisotopic (exact) mass is 450 g/mol. The van der Waals surface area contributed by atoms with Gasteiger partial charge >= 0.3 is 5.91 Å². The van der Waals surface area contributed by atoms with Gasteiger partial charge in [0.25, 0.3) is 11.6 Å². The minimum Gasteiger partial charge on any atom is -0.858 e. The molecule has 2 aromatic carbocycles. The van der Waals surface area contributed by atoms with E-state index < -0.39 is 17.7 Å². The molecule has 0 bridgehead atoms. The largest absolute Gasteiger partial charge is 0.858 e. The number of aromatic nitrogens is 3. The van der Waals surface area contributed by atoms with Gasteiger partial charge in [0, 0.05) is 17.2 Å². The Bertz CT molecular complexity index is 1470. The van der Waals surface area contributed by atoms with Crippen molar-refractivity contribution >= 4 is 28.8 Å². The number of imide groups is 1. The molecule has 0 fully saturated rings. The number of hydrogen-bond acceptors (Lipinski definition) is 4. The standard InChI is InChI=1S/C27H22N4O3/c1-17-11-13-20(14-12-17)30-25(32)23(24(27(30)34)29-15-7-8-18(2)16-29)22-19(3)28-31(26(22)33)21-9-5-4-6-10-21/h4-16H,1-3H3. The van der Waals surface area contributed by atoms with E-state index >= 15 is 0 Å². The van der Waals surface area contributed by atoms with Crippen LogP contribution in [0.1, 0.15) is 22.4 Å². The van der Waals surface area contributed by atoms with Crippen LogP contribution in [0.2, 0.25) is 0 Å². The molecule has 0 aliphatic carbocycles. The molecule has 0 N–H and O–H groups in total. The molecule has 0 atom stereocenters. The minimum absolute atomic E-state index is 0.0471. The molecule has 7 heteroatoms. The van der Waals surface area contributed by atoms with Gasteiger partial charge in [0.1, 0.15) is 5.57 Å². The lowest BCUT2D eigenvalue weighted by Gasteiger charge is -2.15. The molecule has 0 radical (unpaired) electrons. The minimum atomic E-state index is -0.550. The molecular weight excluding hydrogens is 428 g/mol. The summed E-state index contributed by atoms with van der Waals surface area (Å²) in [6.45, 7) is 5.50.